The van der Waals surface area contributed by atoms with Crippen molar-refractivity contribution in [2.45, 2.75) is 42.5 Å². The third-order valence-electron chi connectivity index (χ3n) is 5.44. The van der Waals surface area contributed by atoms with E-state index in [4.69, 9.17) is 17.9 Å². The Kier molecular flexibility index (Phi) is 6.90. The molecule has 180 valence electrons. The van der Waals surface area contributed by atoms with Crippen LogP contribution in [0.1, 0.15) is 25.3 Å². The molecule has 12 heteroatoms. The summed E-state index contributed by atoms with van der Waals surface area (Å²) in [5, 5.41) is 11.2. The SMILES string of the molecule is [C-]#[N+]c1ccc(O[C@H]2CN(S(=O)(=O)c3ccc(C(F)(F)F)cc3[N+]#[C-])C[C@@]2(O)CCC)cc1F. The molecule has 1 fully saturated rings. The van der Waals surface area contributed by atoms with Crippen LogP contribution < -0.4 is 4.74 Å². The summed E-state index contributed by atoms with van der Waals surface area (Å²) in [4.78, 5) is 5.33. The van der Waals surface area contributed by atoms with Crippen molar-refractivity contribution in [1.82, 2.24) is 4.31 Å². The smallest absolute Gasteiger partial charge is 0.415 e. The van der Waals surface area contributed by atoms with Crippen LogP contribution in [0.4, 0.5) is 28.9 Å². The molecule has 0 radical (unpaired) electrons. The number of nitrogens with zero attached hydrogens (tertiary/aromatic N) is 3. The summed E-state index contributed by atoms with van der Waals surface area (Å²) in [5.74, 6) is -0.875. The van der Waals surface area contributed by atoms with E-state index < -0.39 is 56.4 Å². The number of alkyl halides is 3. The lowest BCUT2D eigenvalue weighted by molar-refractivity contribution is -0.137. The van der Waals surface area contributed by atoms with Gasteiger partial charge in [0.2, 0.25) is 21.4 Å². The molecule has 0 spiro atoms. The second-order valence-electron chi connectivity index (χ2n) is 7.77. The van der Waals surface area contributed by atoms with E-state index in [0.717, 1.165) is 16.4 Å². The highest BCUT2D eigenvalue weighted by molar-refractivity contribution is 7.89. The van der Waals surface area contributed by atoms with Gasteiger partial charge in [-0.25, -0.2) is 22.5 Å². The first-order valence-electron chi connectivity index (χ1n) is 10.0. The van der Waals surface area contributed by atoms with Crippen molar-refractivity contribution in [3.8, 4) is 5.75 Å². The molecule has 0 bridgehead atoms. The van der Waals surface area contributed by atoms with Crippen molar-refractivity contribution in [1.29, 1.82) is 0 Å². The average Bonchev–Trinajstić information content (AvgIpc) is 3.09. The average molecular weight is 497 g/mol. The quantitative estimate of drug-likeness (QED) is 0.454. The van der Waals surface area contributed by atoms with Crippen molar-refractivity contribution < 1.29 is 35.8 Å². The monoisotopic (exact) mass is 497 g/mol. The summed E-state index contributed by atoms with van der Waals surface area (Å²) in [7, 11) is -4.48. The molecule has 0 unspecified atom stereocenters. The van der Waals surface area contributed by atoms with E-state index in [0.29, 0.717) is 18.6 Å². The first kappa shape index (κ1) is 25.4. The van der Waals surface area contributed by atoms with E-state index in [-0.39, 0.29) is 24.4 Å². The van der Waals surface area contributed by atoms with Crippen molar-refractivity contribution in [3.05, 3.63) is 70.6 Å². The van der Waals surface area contributed by atoms with Crippen LogP contribution in [0.5, 0.6) is 5.75 Å². The first-order valence-corrected chi connectivity index (χ1v) is 11.4. The van der Waals surface area contributed by atoms with Gasteiger partial charge in [0.25, 0.3) is 0 Å². The highest BCUT2D eigenvalue weighted by Gasteiger charge is 2.50. The zero-order chi connectivity index (χ0) is 25.3. The molecule has 1 aliphatic rings. The Hall–Kier alpha value is -3.19. The van der Waals surface area contributed by atoms with E-state index in [1.54, 1.807) is 6.92 Å². The number of benzene rings is 2. The van der Waals surface area contributed by atoms with Gasteiger partial charge in [-0.05, 0) is 24.6 Å². The van der Waals surface area contributed by atoms with Gasteiger partial charge in [-0.15, -0.1) is 0 Å². The minimum Gasteiger partial charge on any atom is -0.486 e. The summed E-state index contributed by atoms with van der Waals surface area (Å²) >= 11 is 0. The van der Waals surface area contributed by atoms with Crippen LogP contribution in [0.2, 0.25) is 0 Å². The van der Waals surface area contributed by atoms with E-state index in [1.807, 2.05) is 0 Å². The Labute approximate surface area is 193 Å². The molecule has 1 heterocycles. The summed E-state index contributed by atoms with van der Waals surface area (Å²) in [6.45, 7) is 15.0. The van der Waals surface area contributed by atoms with Crippen molar-refractivity contribution >= 4 is 21.4 Å². The minimum atomic E-state index is -4.76. The minimum absolute atomic E-state index is 0.0277. The highest BCUT2D eigenvalue weighted by Crippen LogP contribution is 2.39. The fraction of sp³-hybridized carbons (Fsp3) is 0.364. The van der Waals surface area contributed by atoms with E-state index in [9.17, 15) is 31.1 Å². The molecule has 7 nitrogen and oxygen atoms in total. The number of sulfonamides is 1. The molecule has 0 aliphatic carbocycles. The Morgan fingerprint density at radius 3 is 2.41 bits per heavy atom. The topological polar surface area (TPSA) is 75.6 Å². The van der Waals surface area contributed by atoms with Crippen molar-refractivity contribution in [2.24, 2.45) is 0 Å². The molecular weight excluding hydrogens is 478 g/mol. The maximum absolute atomic E-state index is 14.0. The fourth-order valence-corrected chi connectivity index (χ4v) is 5.40. The van der Waals surface area contributed by atoms with Crippen LogP contribution >= 0.6 is 0 Å². The van der Waals surface area contributed by atoms with Crippen LogP contribution in [-0.2, 0) is 16.2 Å². The standard InChI is InChI=1S/C22H19F4N3O4S/c1-4-9-21(30)13-29(12-20(21)33-15-6-7-17(27-2)16(23)11-15)34(31,32)19-8-5-14(22(24,25)26)10-18(19)28-3/h5-8,10-11,20,30H,4,9,12-13H2,1H3/t20-,21-/m0/s1. The molecule has 1 aliphatic heterocycles. The first-order chi connectivity index (χ1) is 15.9. The number of ether oxygens (including phenoxy) is 1. The number of β-amino-alcohol motifs (C(OH)–C–C–N with tert-alkyl or cyclic N) is 1. The van der Waals surface area contributed by atoms with Crippen molar-refractivity contribution in [2.75, 3.05) is 13.1 Å². The second kappa shape index (κ2) is 9.22. The Morgan fingerprint density at radius 1 is 1.18 bits per heavy atom. The van der Waals surface area contributed by atoms with Gasteiger partial charge in [0.15, 0.2) is 0 Å². The number of rotatable bonds is 6. The van der Waals surface area contributed by atoms with Crippen LogP contribution in [0.3, 0.4) is 0 Å². The maximum atomic E-state index is 14.0. The van der Waals surface area contributed by atoms with Gasteiger partial charge in [0.05, 0.1) is 24.6 Å². The zero-order valence-corrected chi connectivity index (χ0v) is 18.6. The van der Waals surface area contributed by atoms with Gasteiger partial charge in [-0.2, -0.15) is 17.5 Å². The molecule has 3 rings (SSSR count). The zero-order valence-electron chi connectivity index (χ0n) is 17.8. The molecule has 0 saturated carbocycles. The van der Waals surface area contributed by atoms with Crippen molar-refractivity contribution in [3.63, 3.8) is 0 Å². The van der Waals surface area contributed by atoms with Crippen LogP contribution in [0.25, 0.3) is 9.69 Å². The van der Waals surface area contributed by atoms with E-state index in [1.165, 1.54) is 12.1 Å². The fourth-order valence-electron chi connectivity index (χ4n) is 3.78. The third kappa shape index (κ3) is 4.85. The third-order valence-corrected chi connectivity index (χ3v) is 7.30. The maximum Gasteiger partial charge on any atom is 0.415 e. The normalized spacial score (nSPS) is 21.1. The summed E-state index contributed by atoms with van der Waals surface area (Å²) < 4.78 is 86.0. The van der Waals surface area contributed by atoms with Gasteiger partial charge in [0.1, 0.15) is 23.3 Å². The van der Waals surface area contributed by atoms with E-state index >= 15 is 0 Å². The number of hydrogen-bond donors (Lipinski definition) is 1. The lowest BCUT2D eigenvalue weighted by Gasteiger charge is -2.29. The van der Waals surface area contributed by atoms with Gasteiger partial charge in [0, 0.05) is 18.2 Å². The predicted molar refractivity (Wildman–Crippen MR) is 113 cm³/mol. The molecule has 0 aromatic heterocycles. The molecule has 34 heavy (non-hydrogen) atoms. The van der Waals surface area contributed by atoms with Gasteiger partial charge in [-0.1, -0.05) is 25.5 Å². The lowest BCUT2D eigenvalue weighted by Crippen LogP contribution is -2.44. The summed E-state index contributed by atoms with van der Waals surface area (Å²) in [6, 6.07) is 5.20. The summed E-state index contributed by atoms with van der Waals surface area (Å²) in [6.07, 6.45) is -5.32. The predicted octanol–water partition coefficient (Wildman–Crippen LogP) is 4.93. The molecule has 2 aromatic rings. The molecule has 1 N–H and O–H groups in total. The Morgan fingerprint density at radius 2 is 1.85 bits per heavy atom. The summed E-state index contributed by atoms with van der Waals surface area (Å²) in [5.41, 5.74) is -3.77. The molecule has 0 amide bonds. The van der Waals surface area contributed by atoms with Gasteiger partial charge >= 0.3 is 6.18 Å². The molecule has 1 saturated heterocycles. The molecule has 2 atom stereocenters. The Balaban J connectivity index is 1.96. The molecule has 2 aromatic carbocycles. The van der Waals surface area contributed by atoms with Crippen LogP contribution in [-0.4, -0.2) is 42.6 Å². The number of halogens is 4. The second-order valence-corrected chi connectivity index (χ2v) is 9.68. The molecular formula is C22H19F4N3O4S. The number of hydrogen-bond acceptors (Lipinski definition) is 4. The lowest BCUT2D eigenvalue weighted by atomic mass is 9.94. The van der Waals surface area contributed by atoms with Gasteiger partial charge in [-0.3, -0.25) is 0 Å². The van der Waals surface area contributed by atoms with E-state index in [2.05, 4.69) is 9.69 Å². The Bertz CT molecular complexity index is 1280. The number of aliphatic hydroxyl groups is 1. The largest absolute Gasteiger partial charge is 0.486 e. The highest BCUT2D eigenvalue weighted by atomic mass is 32.2. The van der Waals surface area contributed by atoms with Gasteiger partial charge < -0.3 is 9.84 Å². The van der Waals surface area contributed by atoms with Crippen LogP contribution in [0, 0.1) is 19.0 Å². The van der Waals surface area contributed by atoms with Crippen LogP contribution in [0.15, 0.2) is 41.3 Å².